The van der Waals surface area contributed by atoms with E-state index in [9.17, 15) is 13.2 Å². The van der Waals surface area contributed by atoms with Gasteiger partial charge in [0.15, 0.2) is 0 Å². The Labute approximate surface area is 188 Å². The van der Waals surface area contributed by atoms with E-state index in [1.54, 1.807) is 37.3 Å². The molecule has 0 bridgehead atoms. The largest absolute Gasteiger partial charge is 0.295 e. The van der Waals surface area contributed by atoms with Gasteiger partial charge in [0.25, 0.3) is 5.56 Å². The van der Waals surface area contributed by atoms with Crippen molar-refractivity contribution in [2.24, 2.45) is 0 Å². The average Bonchev–Trinajstić information content (AvgIpc) is 2.72. The van der Waals surface area contributed by atoms with Crippen molar-refractivity contribution in [3.05, 3.63) is 69.2 Å². The van der Waals surface area contributed by atoms with Crippen LogP contribution in [0.5, 0.6) is 0 Å². The van der Waals surface area contributed by atoms with Crippen LogP contribution in [-0.4, -0.2) is 29.3 Å². The second-order valence-electron chi connectivity index (χ2n) is 8.65. The molecule has 3 rings (SSSR count). The number of nitrogens with zero attached hydrogens (tertiary/aromatic N) is 3. The van der Waals surface area contributed by atoms with Crippen molar-refractivity contribution in [2.75, 3.05) is 7.05 Å². The van der Waals surface area contributed by atoms with Gasteiger partial charge in [-0.05, 0) is 55.2 Å². The molecule has 0 fully saturated rings. The van der Waals surface area contributed by atoms with Gasteiger partial charge in [-0.1, -0.05) is 44.5 Å². The zero-order valence-electron chi connectivity index (χ0n) is 18.7. The molecule has 0 aliphatic carbocycles. The Morgan fingerprint density at radius 2 is 1.74 bits per heavy atom. The molecule has 3 aromatic rings. The first kappa shape index (κ1) is 23.4. The van der Waals surface area contributed by atoms with Gasteiger partial charge in [-0.25, -0.2) is 13.4 Å². The van der Waals surface area contributed by atoms with Crippen LogP contribution in [-0.2, 0) is 22.0 Å². The van der Waals surface area contributed by atoms with Gasteiger partial charge >= 0.3 is 0 Å². The molecule has 0 amide bonds. The molecule has 0 aliphatic rings. The molecule has 0 radical (unpaired) electrons. The lowest BCUT2D eigenvalue weighted by molar-refractivity contribution is 0.370. The Bertz CT molecular complexity index is 1280. The lowest BCUT2D eigenvalue weighted by Gasteiger charge is -2.26. The zero-order valence-corrected chi connectivity index (χ0v) is 20.3. The summed E-state index contributed by atoms with van der Waals surface area (Å²) >= 11 is 6.04. The number of halogens is 1. The van der Waals surface area contributed by atoms with Crippen LogP contribution in [0.3, 0.4) is 0 Å². The number of rotatable bonds is 5. The lowest BCUT2D eigenvalue weighted by Crippen LogP contribution is -2.35. The highest BCUT2D eigenvalue weighted by molar-refractivity contribution is 7.89. The van der Waals surface area contributed by atoms with Crippen LogP contribution in [0.15, 0.2) is 52.2 Å². The summed E-state index contributed by atoms with van der Waals surface area (Å²) in [5.41, 5.74) is 1.23. The third-order valence-corrected chi connectivity index (χ3v) is 7.76. The van der Waals surface area contributed by atoms with Gasteiger partial charge in [-0.15, -0.1) is 0 Å². The van der Waals surface area contributed by atoms with Crippen LogP contribution in [0.2, 0.25) is 5.02 Å². The zero-order chi connectivity index (χ0) is 23.1. The smallest absolute Gasteiger partial charge is 0.261 e. The minimum Gasteiger partial charge on any atom is -0.295 e. The van der Waals surface area contributed by atoms with Crippen LogP contribution in [0.4, 0.5) is 0 Å². The number of aromatic nitrogens is 2. The van der Waals surface area contributed by atoms with Gasteiger partial charge < -0.3 is 0 Å². The Hall–Kier alpha value is -2.22. The van der Waals surface area contributed by atoms with Crippen molar-refractivity contribution in [1.82, 2.24) is 13.9 Å². The normalized spacial score (nSPS) is 13.7. The molecule has 1 aromatic heterocycles. The molecule has 166 valence electrons. The van der Waals surface area contributed by atoms with E-state index < -0.39 is 16.1 Å². The maximum atomic E-state index is 13.3. The Morgan fingerprint density at radius 3 is 2.29 bits per heavy atom. The summed E-state index contributed by atoms with van der Waals surface area (Å²) in [5.74, 6) is 0.389. The minimum atomic E-state index is -3.79. The van der Waals surface area contributed by atoms with Gasteiger partial charge in [0.1, 0.15) is 5.82 Å². The van der Waals surface area contributed by atoms with Crippen LogP contribution >= 0.6 is 11.6 Å². The van der Waals surface area contributed by atoms with E-state index in [2.05, 4.69) is 25.8 Å². The first-order valence-electron chi connectivity index (χ1n) is 10.2. The summed E-state index contributed by atoms with van der Waals surface area (Å²) in [6, 6.07) is 11.2. The van der Waals surface area contributed by atoms with E-state index in [0.29, 0.717) is 28.3 Å². The van der Waals surface area contributed by atoms with E-state index in [0.717, 1.165) is 5.56 Å². The molecule has 0 N–H and O–H groups in total. The highest BCUT2D eigenvalue weighted by atomic mass is 35.5. The van der Waals surface area contributed by atoms with Crippen molar-refractivity contribution in [2.45, 2.75) is 57.5 Å². The lowest BCUT2D eigenvalue weighted by atomic mass is 9.87. The summed E-state index contributed by atoms with van der Waals surface area (Å²) in [5, 5.41) is 0.863. The van der Waals surface area contributed by atoms with Crippen molar-refractivity contribution in [3.8, 4) is 0 Å². The monoisotopic (exact) mass is 461 g/mol. The number of sulfonamides is 1. The van der Waals surface area contributed by atoms with Crippen LogP contribution < -0.4 is 5.56 Å². The molecular weight excluding hydrogens is 434 g/mol. The quantitative estimate of drug-likeness (QED) is 0.549. The Morgan fingerprint density at radius 1 is 1.13 bits per heavy atom. The predicted octanol–water partition coefficient (Wildman–Crippen LogP) is 4.75. The fourth-order valence-electron chi connectivity index (χ4n) is 3.50. The second-order valence-corrected chi connectivity index (χ2v) is 11.1. The summed E-state index contributed by atoms with van der Waals surface area (Å²) in [6.07, 6.45) is 0. The molecule has 6 nitrogen and oxygen atoms in total. The second kappa shape index (κ2) is 8.37. The highest BCUT2D eigenvalue weighted by Crippen LogP contribution is 2.28. The maximum Gasteiger partial charge on any atom is 0.261 e. The molecule has 0 aliphatic heterocycles. The molecule has 2 aromatic carbocycles. The summed E-state index contributed by atoms with van der Waals surface area (Å²) < 4.78 is 29.3. The van der Waals surface area contributed by atoms with E-state index in [4.69, 9.17) is 11.6 Å². The summed E-state index contributed by atoms with van der Waals surface area (Å²) in [6.45, 7) is 10.2. The molecule has 1 atom stereocenters. The molecular formula is C23H28ClN3O3S. The van der Waals surface area contributed by atoms with Gasteiger partial charge in [0.05, 0.1) is 21.8 Å². The molecule has 0 saturated heterocycles. The number of hydrogen-bond donors (Lipinski definition) is 0. The molecule has 0 spiro atoms. The van der Waals surface area contributed by atoms with E-state index in [1.807, 2.05) is 19.1 Å². The fourth-order valence-corrected chi connectivity index (χ4v) is 4.99. The molecule has 8 heteroatoms. The van der Waals surface area contributed by atoms with Crippen molar-refractivity contribution in [3.63, 3.8) is 0 Å². The third kappa shape index (κ3) is 4.40. The van der Waals surface area contributed by atoms with Gasteiger partial charge in [-0.3, -0.25) is 9.36 Å². The molecule has 0 saturated carbocycles. The Balaban J connectivity index is 2.06. The topological polar surface area (TPSA) is 72.3 Å². The van der Waals surface area contributed by atoms with E-state index >= 15 is 0 Å². The van der Waals surface area contributed by atoms with E-state index in [-0.39, 0.29) is 15.9 Å². The SMILES string of the molecule is CCn1c(C(C)N(C)S(=O)(=O)c2ccc(C(C)(C)C)cc2)nc2ccc(Cl)cc2c1=O. The van der Waals surface area contributed by atoms with E-state index in [1.165, 1.54) is 15.9 Å². The van der Waals surface area contributed by atoms with Crippen LogP contribution in [0.25, 0.3) is 10.9 Å². The number of benzene rings is 2. The summed E-state index contributed by atoms with van der Waals surface area (Å²) in [7, 11) is -2.28. The molecule has 1 heterocycles. The van der Waals surface area contributed by atoms with Crippen molar-refractivity contribution in [1.29, 1.82) is 0 Å². The maximum absolute atomic E-state index is 13.3. The first-order valence-corrected chi connectivity index (χ1v) is 12.0. The first-order chi connectivity index (χ1) is 14.4. The van der Waals surface area contributed by atoms with Gasteiger partial charge in [0, 0.05) is 18.6 Å². The Kier molecular flexibility index (Phi) is 6.33. The highest BCUT2D eigenvalue weighted by Gasteiger charge is 2.30. The minimum absolute atomic E-state index is 0.0728. The molecule has 31 heavy (non-hydrogen) atoms. The average molecular weight is 462 g/mol. The molecule has 1 unspecified atom stereocenters. The number of hydrogen-bond acceptors (Lipinski definition) is 4. The van der Waals surface area contributed by atoms with Gasteiger partial charge in [0.2, 0.25) is 10.0 Å². The fraction of sp³-hybridized carbons (Fsp3) is 0.391. The standard InChI is InChI=1S/C23H28ClN3O3S/c1-7-27-21(25-20-13-10-17(24)14-19(20)22(27)28)15(2)26(6)31(29,30)18-11-8-16(9-12-18)23(3,4)5/h8-15H,7H2,1-6H3. The summed E-state index contributed by atoms with van der Waals surface area (Å²) in [4.78, 5) is 17.8. The van der Waals surface area contributed by atoms with Gasteiger partial charge in [-0.2, -0.15) is 4.31 Å². The predicted molar refractivity (Wildman–Crippen MR) is 125 cm³/mol. The number of fused-ring (bicyclic) bond motifs is 1. The van der Waals surface area contributed by atoms with Crippen LogP contribution in [0.1, 0.15) is 52.0 Å². The van der Waals surface area contributed by atoms with Crippen molar-refractivity contribution >= 4 is 32.5 Å². The van der Waals surface area contributed by atoms with Crippen molar-refractivity contribution < 1.29 is 8.42 Å². The van der Waals surface area contributed by atoms with Crippen LogP contribution in [0, 0.1) is 0 Å². The third-order valence-electron chi connectivity index (χ3n) is 5.58.